The summed E-state index contributed by atoms with van der Waals surface area (Å²) in [4.78, 5) is 21.8. The van der Waals surface area contributed by atoms with E-state index in [-0.39, 0.29) is 11.9 Å². The van der Waals surface area contributed by atoms with Gasteiger partial charge in [0.2, 0.25) is 0 Å². The molecule has 1 amide bonds. The fourth-order valence-electron chi connectivity index (χ4n) is 3.00. The first-order chi connectivity index (χ1) is 11.1. The molecular weight excluding hydrogens is 306 g/mol. The maximum Gasteiger partial charge on any atom is 0.272 e. The lowest BCUT2D eigenvalue weighted by Crippen LogP contribution is -2.46. The molecule has 23 heavy (non-hydrogen) atoms. The summed E-state index contributed by atoms with van der Waals surface area (Å²) in [7, 11) is 4.12. The fourth-order valence-corrected chi connectivity index (χ4v) is 4.06. The highest BCUT2D eigenvalue weighted by atomic mass is 32.2. The number of hydrogen-bond acceptors (Lipinski definition) is 4. The van der Waals surface area contributed by atoms with E-state index in [4.69, 9.17) is 0 Å². The molecule has 1 atom stereocenters. The van der Waals surface area contributed by atoms with Gasteiger partial charge in [-0.25, -0.2) is 4.98 Å². The molecule has 1 aromatic heterocycles. The maximum absolute atomic E-state index is 13.0. The summed E-state index contributed by atoms with van der Waals surface area (Å²) < 4.78 is 0. The summed E-state index contributed by atoms with van der Waals surface area (Å²) in [6.07, 6.45) is 1.05. The predicted molar refractivity (Wildman–Crippen MR) is 97.1 cm³/mol. The number of carbonyl (C=O) groups excluding carboxylic acids is 1. The molecule has 2 heterocycles. The topological polar surface area (TPSA) is 36.4 Å². The van der Waals surface area contributed by atoms with Crippen LogP contribution in [0.25, 0.3) is 10.9 Å². The summed E-state index contributed by atoms with van der Waals surface area (Å²) in [6.45, 7) is 1.71. The molecule has 1 unspecified atom stereocenters. The number of amides is 1. The van der Waals surface area contributed by atoms with Gasteiger partial charge in [-0.05, 0) is 38.4 Å². The van der Waals surface area contributed by atoms with Gasteiger partial charge >= 0.3 is 0 Å². The van der Waals surface area contributed by atoms with Crippen LogP contribution in [0, 0.1) is 0 Å². The van der Waals surface area contributed by atoms with Crippen LogP contribution in [-0.2, 0) is 0 Å². The van der Waals surface area contributed by atoms with Crippen molar-refractivity contribution in [1.29, 1.82) is 0 Å². The molecule has 0 radical (unpaired) electrons. The average molecular weight is 329 g/mol. The summed E-state index contributed by atoms with van der Waals surface area (Å²) in [6, 6.07) is 12.0. The van der Waals surface area contributed by atoms with Crippen LogP contribution in [0.5, 0.6) is 0 Å². The van der Waals surface area contributed by atoms with Crippen molar-refractivity contribution in [2.24, 2.45) is 0 Å². The molecule has 5 heteroatoms. The first-order valence-corrected chi connectivity index (χ1v) is 9.20. The summed E-state index contributed by atoms with van der Waals surface area (Å²) in [5, 5.41) is 1.07. The van der Waals surface area contributed by atoms with E-state index < -0.39 is 0 Å². The molecule has 3 rings (SSSR count). The summed E-state index contributed by atoms with van der Waals surface area (Å²) >= 11 is 1.94. The number of fused-ring (bicyclic) bond motifs is 1. The number of likely N-dealkylation sites (N-methyl/N-ethyl adjacent to an activating group) is 1. The van der Waals surface area contributed by atoms with Gasteiger partial charge in [-0.1, -0.05) is 24.3 Å². The first-order valence-electron chi connectivity index (χ1n) is 8.04. The normalized spacial score (nSPS) is 19.1. The van der Waals surface area contributed by atoms with Crippen LogP contribution in [0.3, 0.4) is 0 Å². The minimum atomic E-state index is 0.0603. The zero-order valence-corrected chi connectivity index (χ0v) is 14.6. The molecule has 0 aliphatic carbocycles. The van der Waals surface area contributed by atoms with Crippen molar-refractivity contribution in [3.05, 3.63) is 42.1 Å². The van der Waals surface area contributed by atoms with Gasteiger partial charge in [-0.3, -0.25) is 4.79 Å². The highest BCUT2D eigenvalue weighted by Gasteiger charge is 2.27. The molecule has 4 nitrogen and oxygen atoms in total. The predicted octanol–water partition coefficient (Wildman–Crippen LogP) is 2.74. The van der Waals surface area contributed by atoms with E-state index in [1.807, 2.05) is 53.1 Å². The summed E-state index contributed by atoms with van der Waals surface area (Å²) in [5.41, 5.74) is 1.44. The Kier molecular flexibility index (Phi) is 5.18. The Morgan fingerprint density at radius 3 is 2.96 bits per heavy atom. The van der Waals surface area contributed by atoms with Crippen LogP contribution in [0.4, 0.5) is 0 Å². The van der Waals surface area contributed by atoms with E-state index in [9.17, 15) is 4.79 Å². The highest BCUT2D eigenvalue weighted by molar-refractivity contribution is 7.99. The largest absolute Gasteiger partial charge is 0.332 e. The molecule has 0 bridgehead atoms. The van der Waals surface area contributed by atoms with Gasteiger partial charge in [0.1, 0.15) is 5.69 Å². The Labute approximate surface area is 141 Å². The smallest absolute Gasteiger partial charge is 0.272 e. The van der Waals surface area contributed by atoms with Gasteiger partial charge < -0.3 is 9.80 Å². The van der Waals surface area contributed by atoms with E-state index >= 15 is 0 Å². The van der Waals surface area contributed by atoms with Crippen molar-refractivity contribution in [1.82, 2.24) is 14.8 Å². The second-order valence-electron chi connectivity index (χ2n) is 6.23. The number of aromatic nitrogens is 1. The first kappa shape index (κ1) is 16.3. The molecule has 1 aliphatic rings. The van der Waals surface area contributed by atoms with Crippen LogP contribution >= 0.6 is 11.8 Å². The second-order valence-corrected chi connectivity index (χ2v) is 7.38. The van der Waals surface area contributed by atoms with Gasteiger partial charge in [-0.2, -0.15) is 11.8 Å². The molecule has 1 saturated heterocycles. The number of rotatable bonds is 3. The minimum absolute atomic E-state index is 0.0603. The minimum Gasteiger partial charge on any atom is -0.332 e. The average Bonchev–Trinajstić information content (AvgIpc) is 2.78. The monoisotopic (exact) mass is 329 g/mol. The third kappa shape index (κ3) is 3.85. The third-order valence-electron chi connectivity index (χ3n) is 4.09. The lowest BCUT2D eigenvalue weighted by molar-refractivity contribution is 0.0670. The van der Waals surface area contributed by atoms with E-state index in [2.05, 4.69) is 24.0 Å². The number of benzene rings is 1. The van der Waals surface area contributed by atoms with Gasteiger partial charge in [0.15, 0.2) is 0 Å². The third-order valence-corrected chi connectivity index (χ3v) is 5.29. The van der Waals surface area contributed by atoms with Gasteiger partial charge in [0.05, 0.1) is 11.6 Å². The zero-order chi connectivity index (χ0) is 16.2. The molecule has 0 N–H and O–H groups in total. The highest BCUT2D eigenvalue weighted by Crippen LogP contribution is 2.20. The molecule has 1 aliphatic heterocycles. The van der Waals surface area contributed by atoms with Crippen molar-refractivity contribution in [2.75, 3.05) is 38.7 Å². The molecular formula is C18H23N3OS. The molecule has 1 fully saturated rings. The molecule has 1 aromatic carbocycles. The number of hydrogen-bond donors (Lipinski definition) is 0. The van der Waals surface area contributed by atoms with E-state index in [0.29, 0.717) is 5.69 Å². The van der Waals surface area contributed by atoms with Crippen molar-refractivity contribution in [3.63, 3.8) is 0 Å². The second kappa shape index (κ2) is 7.32. The van der Waals surface area contributed by atoms with Gasteiger partial charge in [-0.15, -0.1) is 0 Å². The van der Waals surface area contributed by atoms with Crippen LogP contribution in [-0.4, -0.2) is 65.4 Å². The van der Waals surface area contributed by atoms with Crippen LogP contribution < -0.4 is 0 Å². The molecule has 0 saturated carbocycles. The number of thioether (sulfide) groups is 1. The Hall–Kier alpha value is -1.59. The Morgan fingerprint density at radius 1 is 1.30 bits per heavy atom. The standard InChI is InChI=1S/C18H23N3OS/c1-20(2)12-15-13-23-11-5-10-21(15)18(22)17-9-8-14-6-3-4-7-16(14)19-17/h3-4,6-9,15H,5,10-13H2,1-2H3. The SMILES string of the molecule is CN(C)CC1CSCCCN1C(=O)c1ccc2ccccc2n1. The number of para-hydroxylation sites is 1. The van der Waals surface area contributed by atoms with Crippen molar-refractivity contribution >= 4 is 28.6 Å². The Balaban J connectivity index is 1.88. The summed E-state index contributed by atoms with van der Waals surface area (Å²) in [5.74, 6) is 2.18. The van der Waals surface area contributed by atoms with Crippen molar-refractivity contribution in [2.45, 2.75) is 12.5 Å². The van der Waals surface area contributed by atoms with Crippen molar-refractivity contribution < 1.29 is 4.79 Å². The molecule has 122 valence electrons. The molecule has 2 aromatic rings. The quantitative estimate of drug-likeness (QED) is 0.867. The van der Waals surface area contributed by atoms with Gasteiger partial charge in [0.25, 0.3) is 5.91 Å². The Bertz CT molecular complexity index is 689. The van der Waals surface area contributed by atoms with E-state index in [1.54, 1.807) is 0 Å². The number of nitrogens with zero attached hydrogens (tertiary/aromatic N) is 3. The van der Waals surface area contributed by atoms with E-state index in [0.717, 1.165) is 41.9 Å². The number of carbonyl (C=O) groups is 1. The van der Waals surface area contributed by atoms with Crippen LogP contribution in [0.1, 0.15) is 16.9 Å². The lowest BCUT2D eigenvalue weighted by atomic mass is 10.1. The van der Waals surface area contributed by atoms with Crippen molar-refractivity contribution in [3.8, 4) is 0 Å². The fraction of sp³-hybridized carbons (Fsp3) is 0.444. The number of pyridine rings is 1. The van der Waals surface area contributed by atoms with Crippen LogP contribution in [0.15, 0.2) is 36.4 Å². The lowest BCUT2D eigenvalue weighted by Gasteiger charge is -2.31. The Morgan fingerprint density at radius 2 is 2.13 bits per heavy atom. The molecule has 0 spiro atoms. The van der Waals surface area contributed by atoms with E-state index in [1.165, 1.54) is 0 Å². The van der Waals surface area contributed by atoms with Crippen LogP contribution in [0.2, 0.25) is 0 Å². The maximum atomic E-state index is 13.0. The van der Waals surface area contributed by atoms with Gasteiger partial charge in [0, 0.05) is 24.2 Å². The zero-order valence-electron chi connectivity index (χ0n) is 13.7.